The van der Waals surface area contributed by atoms with Crippen LogP contribution in [0.5, 0.6) is 0 Å². The third kappa shape index (κ3) is 2.59. The van der Waals surface area contributed by atoms with Gasteiger partial charge in [-0.15, -0.1) is 0 Å². The summed E-state index contributed by atoms with van der Waals surface area (Å²) in [4.78, 5) is 12.9. The van der Waals surface area contributed by atoms with Gasteiger partial charge in [-0.3, -0.25) is 0 Å². The minimum atomic E-state index is 0.664. The van der Waals surface area contributed by atoms with Crippen molar-refractivity contribution in [2.24, 2.45) is 0 Å². The lowest BCUT2D eigenvalue weighted by Crippen LogP contribution is -2.02. The molecule has 0 radical (unpaired) electrons. The Hall–Kier alpha value is -2.43. The molecule has 1 aliphatic carbocycles. The predicted octanol–water partition coefficient (Wildman–Crippen LogP) is 2.92. The fourth-order valence-corrected chi connectivity index (χ4v) is 2.54. The van der Waals surface area contributed by atoms with Crippen LogP contribution in [0.25, 0.3) is 5.65 Å². The van der Waals surface area contributed by atoms with E-state index < -0.39 is 0 Å². The molecule has 1 saturated carbocycles. The zero-order chi connectivity index (χ0) is 14.2. The molecule has 0 aromatic carbocycles. The van der Waals surface area contributed by atoms with Crippen molar-refractivity contribution < 1.29 is 0 Å². The van der Waals surface area contributed by atoms with Crippen molar-refractivity contribution in [3.8, 4) is 0 Å². The maximum atomic E-state index is 4.63. The molecule has 4 rings (SSSR count). The second-order valence-corrected chi connectivity index (χ2v) is 5.63. The van der Waals surface area contributed by atoms with Gasteiger partial charge in [0.05, 0.1) is 12.2 Å². The molecule has 3 aromatic rings. The van der Waals surface area contributed by atoms with Gasteiger partial charge in [0, 0.05) is 24.2 Å². The highest BCUT2D eigenvalue weighted by atomic mass is 15.0. The molecular weight excluding hydrogens is 262 g/mol. The van der Waals surface area contributed by atoms with Crippen molar-refractivity contribution in [2.75, 3.05) is 5.32 Å². The summed E-state index contributed by atoms with van der Waals surface area (Å²) in [5.74, 6) is 1.60. The molecule has 21 heavy (non-hydrogen) atoms. The quantitative estimate of drug-likeness (QED) is 0.798. The highest BCUT2D eigenvalue weighted by molar-refractivity contribution is 5.43. The fourth-order valence-electron chi connectivity index (χ4n) is 2.54. The van der Waals surface area contributed by atoms with Crippen LogP contribution in [0.2, 0.25) is 0 Å². The summed E-state index contributed by atoms with van der Waals surface area (Å²) in [6, 6.07) is 6.23. The molecule has 3 aromatic heterocycles. The van der Waals surface area contributed by atoms with Crippen molar-refractivity contribution >= 4 is 11.5 Å². The van der Waals surface area contributed by atoms with E-state index in [0.717, 1.165) is 28.8 Å². The summed E-state index contributed by atoms with van der Waals surface area (Å²) >= 11 is 0. The first-order chi connectivity index (χ1) is 10.3. The maximum Gasteiger partial charge on any atom is 0.137 e. The van der Waals surface area contributed by atoms with E-state index in [1.165, 1.54) is 18.4 Å². The van der Waals surface area contributed by atoms with Crippen molar-refractivity contribution in [3.63, 3.8) is 0 Å². The Morgan fingerprint density at radius 2 is 2.14 bits per heavy atom. The van der Waals surface area contributed by atoms with Gasteiger partial charge in [0.2, 0.25) is 0 Å². The van der Waals surface area contributed by atoms with Gasteiger partial charge in [0.25, 0.3) is 0 Å². The van der Waals surface area contributed by atoms with Crippen molar-refractivity contribution in [1.82, 2.24) is 19.4 Å². The van der Waals surface area contributed by atoms with Crippen molar-refractivity contribution in [1.29, 1.82) is 0 Å². The summed E-state index contributed by atoms with van der Waals surface area (Å²) < 4.78 is 2.12. The number of aryl methyl sites for hydroxylation is 1. The van der Waals surface area contributed by atoms with Gasteiger partial charge in [-0.05, 0) is 37.3 Å². The van der Waals surface area contributed by atoms with Crippen LogP contribution in [-0.4, -0.2) is 19.4 Å². The standard InChI is InChI=1S/C16H17N5/c1-11-6-15(19-10-18-11)17-7-14-9-21-8-13(12-2-3-12)4-5-16(21)20-14/h4-6,8-10,12H,2-3,7H2,1H3,(H,17,18,19). The van der Waals surface area contributed by atoms with E-state index in [4.69, 9.17) is 0 Å². The topological polar surface area (TPSA) is 55.1 Å². The molecule has 5 nitrogen and oxygen atoms in total. The monoisotopic (exact) mass is 279 g/mol. The van der Waals surface area contributed by atoms with Gasteiger partial charge in [0.1, 0.15) is 17.8 Å². The lowest BCUT2D eigenvalue weighted by Gasteiger charge is -2.02. The molecule has 0 amide bonds. The van der Waals surface area contributed by atoms with Crippen LogP contribution >= 0.6 is 0 Å². The van der Waals surface area contributed by atoms with E-state index in [9.17, 15) is 0 Å². The third-order valence-corrected chi connectivity index (χ3v) is 3.83. The zero-order valence-electron chi connectivity index (χ0n) is 12.0. The minimum Gasteiger partial charge on any atom is -0.364 e. The summed E-state index contributed by atoms with van der Waals surface area (Å²) in [6.07, 6.45) is 8.51. The summed E-state index contributed by atoms with van der Waals surface area (Å²) in [5, 5.41) is 3.29. The first-order valence-electron chi connectivity index (χ1n) is 7.28. The van der Waals surface area contributed by atoms with Crippen LogP contribution in [0.1, 0.15) is 35.7 Å². The third-order valence-electron chi connectivity index (χ3n) is 3.83. The Bertz CT molecular complexity index is 788. The highest BCUT2D eigenvalue weighted by Gasteiger charge is 2.23. The van der Waals surface area contributed by atoms with E-state index in [1.807, 2.05) is 13.0 Å². The van der Waals surface area contributed by atoms with E-state index in [0.29, 0.717) is 6.54 Å². The van der Waals surface area contributed by atoms with Crippen LogP contribution in [-0.2, 0) is 6.54 Å². The molecule has 1 fully saturated rings. The molecule has 3 heterocycles. The Morgan fingerprint density at radius 1 is 1.24 bits per heavy atom. The van der Waals surface area contributed by atoms with Gasteiger partial charge >= 0.3 is 0 Å². The Labute approximate surface area is 123 Å². The number of rotatable bonds is 4. The zero-order valence-corrected chi connectivity index (χ0v) is 12.0. The van der Waals surface area contributed by atoms with Crippen LogP contribution < -0.4 is 5.32 Å². The number of hydrogen-bond donors (Lipinski definition) is 1. The number of anilines is 1. The first-order valence-corrected chi connectivity index (χ1v) is 7.28. The molecule has 0 atom stereocenters. The van der Waals surface area contributed by atoms with Crippen LogP contribution in [0.4, 0.5) is 5.82 Å². The first kappa shape index (κ1) is 12.3. The number of nitrogens with one attached hydrogen (secondary N) is 1. The van der Waals surface area contributed by atoms with Crippen molar-refractivity contribution in [3.05, 3.63) is 53.9 Å². The van der Waals surface area contributed by atoms with E-state index in [2.05, 4.69) is 49.2 Å². The average Bonchev–Trinajstić information content (AvgIpc) is 3.25. The molecule has 1 aliphatic rings. The minimum absolute atomic E-state index is 0.664. The largest absolute Gasteiger partial charge is 0.364 e. The summed E-state index contributed by atoms with van der Waals surface area (Å²) in [7, 11) is 0. The molecule has 0 spiro atoms. The smallest absolute Gasteiger partial charge is 0.137 e. The number of fused-ring (bicyclic) bond motifs is 1. The molecular formula is C16H17N5. The predicted molar refractivity (Wildman–Crippen MR) is 81.3 cm³/mol. The Kier molecular flexibility index (Phi) is 2.84. The molecule has 106 valence electrons. The van der Waals surface area contributed by atoms with E-state index >= 15 is 0 Å². The van der Waals surface area contributed by atoms with Gasteiger partial charge in [-0.1, -0.05) is 6.07 Å². The summed E-state index contributed by atoms with van der Waals surface area (Å²) in [6.45, 7) is 2.62. The number of aromatic nitrogens is 4. The maximum absolute atomic E-state index is 4.63. The Balaban J connectivity index is 1.53. The van der Waals surface area contributed by atoms with Crippen LogP contribution in [0.15, 0.2) is 36.9 Å². The lowest BCUT2D eigenvalue weighted by molar-refractivity contribution is 1.03. The number of nitrogens with zero attached hydrogens (tertiary/aromatic N) is 4. The van der Waals surface area contributed by atoms with Gasteiger partial charge in [0.15, 0.2) is 0 Å². The second-order valence-electron chi connectivity index (χ2n) is 5.63. The Morgan fingerprint density at radius 3 is 2.95 bits per heavy atom. The van der Waals surface area contributed by atoms with Crippen LogP contribution in [0, 0.1) is 6.92 Å². The summed E-state index contributed by atoms with van der Waals surface area (Å²) in [5.41, 5.74) is 4.39. The van der Waals surface area contributed by atoms with Crippen molar-refractivity contribution in [2.45, 2.75) is 32.2 Å². The SMILES string of the molecule is Cc1cc(NCc2cn3cc(C4CC4)ccc3n2)ncn1. The molecule has 0 saturated heterocycles. The fraction of sp³-hybridized carbons (Fsp3) is 0.312. The van der Waals surface area contributed by atoms with Crippen LogP contribution in [0.3, 0.4) is 0 Å². The van der Waals surface area contributed by atoms with E-state index in [-0.39, 0.29) is 0 Å². The van der Waals surface area contributed by atoms with Gasteiger partial charge in [-0.25, -0.2) is 15.0 Å². The highest BCUT2D eigenvalue weighted by Crippen LogP contribution is 2.39. The molecule has 0 bridgehead atoms. The molecule has 0 unspecified atom stereocenters. The average molecular weight is 279 g/mol. The number of pyridine rings is 1. The normalized spacial score (nSPS) is 14.5. The lowest BCUT2D eigenvalue weighted by atomic mass is 10.2. The van der Waals surface area contributed by atoms with Gasteiger partial charge in [-0.2, -0.15) is 0 Å². The molecule has 0 aliphatic heterocycles. The van der Waals surface area contributed by atoms with E-state index in [1.54, 1.807) is 6.33 Å². The molecule has 5 heteroatoms. The number of hydrogen-bond acceptors (Lipinski definition) is 4. The van der Waals surface area contributed by atoms with Gasteiger partial charge < -0.3 is 9.72 Å². The molecule has 1 N–H and O–H groups in total. The second kappa shape index (κ2) is 4.84. The number of imidazole rings is 1.